The van der Waals surface area contributed by atoms with Crippen molar-refractivity contribution in [3.63, 3.8) is 0 Å². The van der Waals surface area contributed by atoms with Crippen molar-refractivity contribution in [2.75, 3.05) is 26.2 Å². The zero-order valence-corrected chi connectivity index (χ0v) is 11.8. The van der Waals surface area contributed by atoms with E-state index in [1.165, 1.54) is 13.0 Å². The van der Waals surface area contributed by atoms with Crippen LogP contribution < -0.4 is 11.1 Å². The average molecular weight is 255 g/mol. The van der Waals surface area contributed by atoms with Crippen LogP contribution in [0.4, 0.5) is 0 Å². The van der Waals surface area contributed by atoms with Gasteiger partial charge in [0.25, 0.3) is 0 Å². The molecule has 0 atom stereocenters. The van der Waals surface area contributed by atoms with Crippen LogP contribution in [0.25, 0.3) is 0 Å². The number of likely N-dealkylation sites (tertiary alicyclic amines) is 1. The van der Waals surface area contributed by atoms with Gasteiger partial charge >= 0.3 is 0 Å². The Morgan fingerprint density at radius 1 is 1.28 bits per heavy atom. The summed E-state index contributed by atoms with van der Waals surface area (Å²) < 4.78 is 0. The monoisotopic (exact) mass is 255 g/mol. The smallest absolute Gasteiger partial charge is 0.220 e. The number of hydrogen-bond donors (Lipinski definition) is 2. The van der Waals surface area contributed by atoms with Gasteiger partial charge in [-0.05, 0) is 45.2 Å². The van der Waals surface area contributed by atoms with Crippen LogP contribution >= 0.6 is 0 Å². The molecule has 0 aromatic carbocycles. The first-order valence-corrected chi connectivity index (χ1v) is 7.48. The van der Waals surface area contributed by atoms with Crippen LogP contribution in [0.15, 0.2) is 0 Å². The number of nitrogens with two attached hydrogens (primary N) is 1. The Morgan fingerprint density at radius 2 is 2.00 bits per heavy atom. The van der Waals surface area contributed by atoms with Gasteiger partial charge in [0.2, 0.25) is 5.91 Å². The Labute approximate surface area is 111 Å². The second-order valence-electron chi connectivity index (χ2n) is 5.28. The molecule has 4 nitrogen and oxygen atoms in total. The van der Waals surface area contributed by atoms with Crippen LogP contribution in [0.5, 0.6) is 0 Å². The maximum atomic E-state index is 11.7. The molecular weight excluding hydrogens is 226 g/mol. The predicted octanol–water partition coefficient (Wildman–Crippen LogP) is 1.50. The number of amides is 1. The Hall–Kier alpha value is -0.610. The molecule has 0 spiro atoms. The Kier molecular flexibility index (Phi) is 8.01. The highest BCUT2D eigenvalue weighted by Gasteiger charge is 2.19. The second-order valence-corrected chi connectivity index (χ2v) is 5.28. The van der Waals surface area contributed by atoms with Crippen LogP contribution in [0, 0.1) is 0 Å². The molecule has 1 rings (SSSR count). The number of unbranched alkanes of at least 4 members (excludes halogenated alkanes) is 2. The van der Waals surface area contributed by atoms with E-state index in [1.807, 2.05) is 0 Å². The van der Waals surface area contributed by atoms with Crippen molar-refractivity contribution in [2.45, 2.75) is 57.9 Å². The molecule has 0 aliphatic carbocycles. The zero-order valence-electron chi connectivity index (χ0n) is 11.8. The average Bonchev–Trinajstić information content (AvgIpc) is 2.37. The lowest BCUT2D eigenvalue weighted by molar-refractivity contribution is -0.122. The second kappa shape index (κ2) is 9.34. The largest absolute Gasteiger partial charge is 0.353 e. The van der Waals surface area contributed by atoms with Crippen molar-refractivity contribution in [1.29, 1.82) is 0 Å². The zero-order chi connectivity index (χ0) is 13.2. The maximum absolute atomic E-state index is 11.7. The summed E-state index contributed by atoms with van der Waals surface area (Å²) in [4.78, 5) is 14.2. The summed E-state index contributed by atoms with van der Waals surface area (Å²) in [6.45, 7) is 6.41. The third-order valence-corrected chi connectivity index (χ3v) is 3.60. The van der Waals surface area contributed by atoms with Gasteiger partial charge in [-0.15, -0.1) is 0 Å². The molecule has 0 saturated carbocycles. The van der Waals surface area contributed by atoms with Gasteiger partial charge in [0.05, 0.1) is 0 Å². The van der Waals surface area contributed by atoms with Crippen molar-refractivity contribution in [3.05, 3.63) is 0 Å². The van der Waals surface area contributed by atoms with Gasteiger partial charge < -0.3 is 16.0 Å². The summed E-state index contributed by atoms with van der Waals surface area (Å²) >= 11 is 0. The van der Waals surface area contributed by atoms with Gasteiger partial charge in [-0.2, -0.15) is 0 Å². The van der Waals surface area contributed by atoms with E-state index in [1.54, 1.807) is 0 Å². The minimum Gasteiger partial charge on any atom is -0.353 e. The normalized spacial score (nSPS) is 17.9. The number of rotatable bonds is 8. The third-order valence-electron chi connectivity index (χ3n) is 3.60. The highest BCUT2D eigenvalue weighted by Crippen LogP contribution is 2.11. The molecule has 106 valence electrons. The van der Waals surface area contributed by atoms with Crippen molar-refractivity contribution < 1.29 is 4.79 Å². The lowest BCUT2D eigenvalue weighted by Gasteiger charge is -2.32. The van der Waals surface area contributed by atoms with E-state index in [0.29, 0.717) is 12.5 Å². The van der Waals surface area contributed by atoms with Crippen LogP contribution in [0.1, 0.15) is 51.9 Å². The molecule has 1 heterocycles. The van der Waals surface area contributed by atoms with Gasteiger partial charge in [0.1, 0.15) is 0 Å². The summed E-state index contributed by atoms with van der Waals surface area (Å²) in [6.07, 6.45) is 7.16. The van der Waals surface area contributed by atoms with Crippen LogP contribution in [-0.2, 0) is 4.79 Å². The fourth-order valence-corrected chi connectivity index (χ4v) is 2.52. The van der Waals surface area contributed by atoms with E-state index in [0.717, 1.165) is 51.7 Å². The van der Waals surface area contributed by atoms with Gasteiger partial charge in [-0.25, -0.2) is 0 Å². The standard InChI is InChI=1S/C14H29N3O/c1-2-10-17-11-7-13(8-12-17)16-14(18)6-4-3-5-9-15/h13H,2-12,15H2,1H3,(H,16,18). The van der Waals surface area contributed by atoms with E-state index in [2.05, 4.69) is 17.1 Å². The molecule has 0 radical (unpaired) electrons. The quantitative estimate of drug-likeness (QED) is 0.646. The molecule has 1 fully saturated rings. The summed E-state index contributed by atoms with van der Waals surface area (Å²) in [5, 5.41) is 3.16. The first kappa shape index (κ1) is 15.4. The molecule has 1 aliphatic rings. The number of nitrogens with zero attached hydrogens (tertiary/aromatic N) is 1. The van der Waals surface area contributed by atoms with E-state index in [9.17, 15) is 4.79 Å². The number of carbonyl (C=O) groups is 1. The molecule has 0 unspecified atom stereocenters. The molecule has 4 heteroatoms. The van der Waals surface area contributed by atoms with E-state index in [-0.39, 0.29) is 5.91 Å². The fourth-order valence-electron chi connectivity index (χ4n) is 2.52. The first-order chi connectivity index (χ1) is 8.76. The third kappa shape index (κ3) is 6.36. The predicted molar refractivity (Wildman–Crippen MR) is 75.4 cm³/mol. The Morgan fingerprint density at radius 3 is 2.61 bits per heavy atom. The van der Waals surface area contributed by atoms with E-state index < -0.39 is 0 Å². The van der Waals surface area contributed by atoms with Gasteiger partial charge in [-0.1, -0.05) is 13.3 Å². The molecule has 1 amide bonds. The van der Waals surface area contributed by atoms with Crippen LogP contribution in [0.3, 0.4) is 0 Å². The Balaban J connectivity index is 2.07. The summed E-state index contributed by atoms with van der Waals surface area (Å²) in [5.74, 6) is 0.223. The topological polar surface area (TPSA) is 58.4 Å². The Bertz CT molecular complexity index is 225. The molecular formula is C14H29N3O. The SMILES string of the molecule is CCCN1CCC(NC(=O)CCCCCN)CC1. The van der Waals surface area contributed by atoms with Crippen molar-refractivity contribution in [1.82, 2.24) is 10.2 Å². The number of nitrogens with one attached hydrogen (secondary N) is 1. The van der Waals surface area contributed by atoms with Crippen molar-refractivity contribution in [3.8, 4) is 0 Å². The minimum atomic E-state index is 0.223. The number of hydrogen-bond acceptors (Lipinski definition) is 3. The fraction of sp³-hybridized carbons (Fsp3) is 0.929. The molecule has 3 N–H and O–H groups in total. The van der Waals surface area contributed by atoms with Crippen molar-refractivity contribution >= 4 is 5.91 Å². The lowest BCUT2D eigenvalue weighted by atomic mass is 10.0. The summed E-state index contributed by atoms with van der Waals surface area (Å²) in [5.41, 5.74) is 5.43. The van der Waals surface area contributed by atoms with Gasteiger partial charge in [-0.3, -0.25) is 4.79 Å². The summed E-state index contributed by atoms with van der Waals surface area (Å²) in [7, 11) is 0. The first-order valence-electron chi connectivity index (χ1n) is 7.48. The highest BCUT2D eigenvalue weighted by atomic mass is 16.1. The lowest BCUT2D eigenvalue weighted by Crippen LogP contribution is -2.44. The van der Waals surface area contributed by atoms with E-state index >= 15 is 0 Å². The van der Waals surface area contributed by atoms with Gasteiger partial charge in [0, 0.05) is 25.6 Å². The van der Waals surface area contributed by atoms with Crippen LogP contribution in [-0.4, -0.2) is 43.0 Å². The van der Waals surface area contributed by atoms with Gasteiger partial charge in [0.15, 0.2) is 0 Å². The number of carbonyl (C=O) groups excluding carboxylic acids is 1. The van der Waals surface area contributed by atoms with Crippen LogP contribution in [0.2, 0.25) is 0 Å². The molecule has 0 aromatic heterocycles. The molecule has 0 bridgehead atoms. The molecule has 1 aliphatic heterocycles. The van der Waals surface area contributed by atoms with Crippen molar-refractivity contribution in [2.24, 2.45) is 5.73 Å². The molecule has 0 aromatic rings. The molecule has 1 saturated heterocycles. The molecule has 18 heavy (non-hydrogen) atoms. The number of piperidine rings is 1. The maximum Gasteiger partial charge on any atom is 0.220 e. The minimum absolute atomic E-state index is 0.223. The highest BCUT2D eigenvalue weighted by molar-refractivity contribution is 5.76. The summed E-state index contributed by atoms with van der Waals surface area (Å²) in [6, 6.07) is 0.403. The van der Waals surface area contributed by atoms with E-state index in [4.69, 9.17) is 5.73 Å².